The number of fused-ring (bicyclic) bond motifs is 1. The summed E-state index contributed by atoms with van der Waals surface area (Å²) in [4.78, 5) is 18.7. The predicted octanol–water partition coefficient (Wildman–Crippen LogP) is 2.85. The highest BCUT2D eigenvalue weighted by Gasteiger charge is 2.14. The number of rotatable bonds is 2. The van der Waals surface area contributed by atoms with Crippen LogP contribution in [-0.4, -0.2) is 14.9 Å². The number of anilines is 1. The fourth-order valence-electron chi connectivity index (χ4n) is 1.74. The minimum absolute atomic E-state index is 0.00146. The van der Waals surface area contributed by atoms with Crippen molar-refractivity contribution in [2.45, 2.75) is 0 Å². The number of pyridine rings is 1. The van der Waals surface area contributed by atoms with E-state index in [1.807, 2.05) is 6.07 Å². The van der Waals surface area contributed by atoms with E-state index in [4.69, 9.17) is 5.73 Å². The number of benzene rings is 1. The van der Waals surface area contributed by atoms with Crippen LogP contribution in [0.4, 0.5) is 11.4 Å². The Bertz CT molecular complexity index is 751. The quantitative estimate of drug-likeness (QED) is 0.439. The minimum atomic E-state index is -0.447. The minimum Gasteiger partial charge on any atom is -0.398 e. The molecule has 7 heteroatoms. The number of aromatic nitrogens is 2. The van der Waals surface area contributed by atoms with Gasteiger partial charge in [0.1, 0.15) is 10.5 Å². The van der Waals surface area contributed by atoms with Gasteiger partial charge < -0.3 is 5.73 Å². The highest BCUT2D eigenvalue weighted by Crippen LogP contribution is 2.34. The Hall–Kier alpha value is -2.54. The number of thiazole rings is 1. The molecule has 2 heterocycles. The summed E-state index contributed by atoms with van der Waals surface area (Å²) < 4.78 is 0.968. The lowest BCUT2D eigenvalue weighted by Crippen LogP contribution is -1.93. The molecule has 0 bridgehead atoms. The number of nitrogens with zero attached hydrogens (tertiary/aromatic N) is 3. The maximum atomic E-state index is 10.8. The third kappa shape index (κ3) is 2.00. The van der Waals surface area contributed by atoms with Crippen LogP contribution in [0.15, 0.2) is 36.7 Å². The van der Waals surface area contributed by atoms with Crippen molar-refractivity contribution in [3.63, 3.8) is 0 Å². The molecule has 2 N–H and O–H groups in total. The Morgan fingerprint density at radius 2 is 2.16 bits per heavy atom. The van der Waals surface area contributed by atoms with E-state index in [1.165, 1.54) is 29.5 Å². The van der Waals surface area contributed by atoms with Gasteiger partial charge in [-0.3, -0.25) is 15.1 Å². The predicted molar refractivity (Wildman–Crippen MR) is 73.9 cm³/mol. The van der Waals surface area contributed by atoms with E-state index in [-0.39, 0.29) is 5.69 Å². The average Bonchev–Trinajstić information content (AvgIpc) is 2.82. The average molecular weight is 272 g/mol. The van der Waals surface area contributed by atoms with Crippen LogP contribution in [0.3, 0.4) is 0 Å². The van der Waals surface area contributed by atoms with Gasteiger partial charge in [0, 0.05) is 29.6 Å². The molecule has 0 saturated heterocycles. The summed E-state index contributed by atoms with van der Waals surface area (Å²) in [6.45, 7) is 0. The van der Waals surface area contributed by atoms with Gasteiger partial charge in [-0.2, -0.15) is 0 Å². The van der Waals surface area contributed by atoms with Gasteiger partial charge in [0.25, 0.3) is 5.69 Å². The highest BCUT2D eigenvalue weighted by atomic mass is 32.1. The van der Waals surface area contributed by atoms with E-state index in [0.29, 0.717) is 16.3 Å². The van der Waals surface area contributed by atoms with E-state index < -0.39 is 4.92 Å². The van der Waals surface area contributed by atoms with Crippen molar-refractivity contribution in [1.29, 1.82) is 0 Å². The topological polar surface area (TPSA) is 94.9 Å². The number of non-ortho nitro benzene ring substituents is 1. The molecule has 0 spiro atoms. The van der Waals surface area contributed by atoms with E-state index in [0.717, 1.165) is 10.2 Å². The Balaban J connectivity index is 2.20. The van der Waals surface area contributed by atoms with Gasteiger partial charge in [0.05, 0.1) is 15.8 Å². The summed E-state index contributed by atoms with van der Waals surface area (Å²) in [6, 6.07) is 6.20. The second kappa shape index (κ2) is 4.29. The number of nitro groups is 1. The fourth-order valence-corrected chi connectivity index (χ4v) is 2.71. The van der Waals surface area contributed by atoms with Crippen LogP contribution in [0.25, 0.3) is 20.8 Å². The van der Waals surface area contributed by atoms with Gasteiger partial charge in [-0.25, -0.2) is 4.98 Å². The lowest BCUT2D eigenvalue weighted by Gasteiger charge is -2.01. The molecule has 19 heavy (non-hydrogen) atoms. The van der Waals surface area contributed by atoms with Crippen LogP contribution in [0.2, 0.25) is 0 Å². The Morgan fingerprint density at radius 3 is 2.89 bits per heavy atom. The molecule has 0 aliphatic rings. The third-order valence-electron chi connectivity index (χ3n) is 2.67. The number of hydrogen-bond acceptors (Lipinski definition) is 6. The fraction of sp³-hybridized carbons (Fsp3) is 0. The Kier molecular flexibility index (Phi) is 2.60. The van der Waals surface area contributed by atoms with Crippen molar-refractivity contribution in [3.05, 3.63) is 46.8 Å². The Morgan fingerprint density at radius 1 is 1.32 bits per heavy atom. The summed E-state index contributed by atoms with van der Waals surface area (Å²) >= 11 is 1.43. The molecule has 3 aromatic rings. The SMILES string of the molecule is Nc1ccc([N+](=O)[O-])cc1-c1nc2cnccc2s1. The molecule has 6 nitrogen and oxygen atoms in total. The molecule has 3 rings (SSSR count). The van der Waals surface area contributed by atoms with E-state index in [9.17, 15) is 10.1 Å². The Labute approximate surface area is 111 Å². The first kappa shape index (κ1) is 11.5. The van der Waals surface area contributed by atoms with Crippen molar-refractivity contribution >= 4 is 32.9 Å². The molecular formula is C12H8N4O2S. The molecule has 1 aromatic carbocycles. The summed E-state index contributed by atoms with van der Waals surface area (Å²) in [6.07, 6.45) is 3.34. The number of nitrogens with two attached hydrogens (primary N) is 1. The summed E-state index contributed by atoms with van der Waals surface area (Å²) in [7, 11) is 0. The van der Waals surface area contributed by atoms with Crippen LogP contribution < -0.4 is 5.73 Å². The summed E-state index contributed by atoms with van der Waals surface area (Å²) in [5, 5.41) is 11.5. The molecule has 0 amide bonds. The first-order valence-electron chi connectivity index (χ1n) is 5.40. The van der Waals surface area contributed by atoms with Gasteiger partial charge in [-0.05, 0) is 12.1 Å². The largest absolute Gasteiger partial charge is 0.398 e. The van der Waals surface area contributed by atoms with Crippen molar-refractivity contribution in [2.75, 3.05) is 5.73 Å². The normalized spacial score (nSPS) is 10.7. The van der Waals surface area contributed by atoms with Gasteiger partial charge >= 0.3 is 0 Å². The second-order valence-corrected chi connectivity index (χ2v) is 4.92. The van der Waals surface area contributed by atoms with Crippen molar-refractivity contribution in [2.24, 2.45) is 0 Å². The number of hydrogen-bond donors (Lipinski definition) is 1. The van der Waals surface area contributed by atoms with Gasteiger partial charge in [0.2, 0.25) is 0 Å². The molecule has 0 saturated carbocycles. The van der Waals surface area contributed by atoms with Crippen molar-refractivity contribution in [3.8, 4) is 10.6 Å². The zero-order chi connectivity index (χ0) is 13.4. The van der Waals surface area contributed by atoms with Crippen LogP contribution >= 0.6 is 11.3 Å². The molecule has 0 fully saturated rings. The van der Waals surface area contributed by atoms with Crippen LogP contribution in [0, 0.1) is 10.1 Å². The summed E-state index contributed by atoms with van der Waals surface area (Å²) in [5.74, 6) is 0. The first-order chi connectivity index (χ1) is 9.15. The zero-order valence-electron chi connectivity index (χ0n) is 9.61. The summed E-state index contributed by atoms with van der Waals surface area (Å²) in [5.41, 5.74) is 7.68. The third-order valence-corrected chi connectivity index (χ3v) is 3.74. The van der Waals surface area contributed by atoms with Crippen LogP contribution in [0.1, 0.15) is 0 Å². The number of nitrogen functional groups attached to an aromatic ring is 1. The zero-order valence-corrected chi connectivity index (χ0v) is 10.4. The second-order valence-electron chi connectivity index (χ2n) is 3.89. The van der Waals surface area contributed by atoms with E-state index >= 15 is 0 Å². The van der Waals surface area contributed by atoms with Gasteiger partial charge in [0.15, 0.2) is 0 Å². The smallest absolute Gasteiger partial charge is 0.270 e. The molecule has 0 unspecified atom stereocenters. The van der Waals surface area contributed by atoms with E-state index in [1.54, 1.807) is 12.4 Å². The lowest BCUT2D eigenvalue weighted by molar-refractivity contribution is -0.384. The first-order valence-corrected chi connectivity index (χ1v) is 6.21. The maximum Gasteiger partial charge on any atom is 0.270 e. The van der Waals surface area contributed by atoms with Crippen LogP contribution in [-0.2, 0) is 0 Å². The highest BCUT2D eigenvalue weighted by molar-refractivity contribution is 7.21. The van der Waals surface area contributed by atoms with Gasteiger partial charge in [-0.15, -0.1) is 11.3 Å². The van der Waals surface area contributed by atoms with Crippen LogP contribution in [0.5, 0.6) is 0 Å². The maximum absolute atomic E-state index is 10.8. The molecule has 94 valence electrons. The van der Waals surface area contributed by atoms with Crippen molar-refractivity contribution < 1.29 is 4.92 Å². The standard InChI is InChI=1S/C12H8N4O2S/c13-9-2-1-7(16(17)18)5-8(9)12-15-10-6-14-4-3-11(10)19-12/h1-6H,13H2. The monoisotopic (exact) mass is 272 g/mol. The number of nitro benzene ring substituents is 1. The van der Waals surface area contributed by atoms with Crippen molar-refractivity contribution in [1.82, 2.24) is 9.97 Å². The molecule has 0 radical (unpaired) electrons. The van der Waals surface area contributed by atoms with E-state index in [2.05, 4.69) is 9.97 Å². The molecule has 2 aromatic heterocycles. The molecular weight excluding hydrogens is 264 g/mol. The molecule has 0 atom stereocenters. The molecule has 0 aliphatic heterocycles. The molecule has 0 aliphatic carbocycles. The lowest BCUT2D eigenvalue weighted by atomic mass is 10.1. The van der Waals surface area contributed by atoms with Gasteiger partial charge in [-0.1, -0.05) is 0 Å².